The minimum atomic E-state index is -0.101. The molecule has 2 unspecified atom stereocenters. The molecule has 1 heterocycles. The monoisotopic (exact) mass is 474 g/mol. The Labute approximate surface area is 173 Å². The van der Waals surface area contributed by atoms with Gasteiger partial charge in [0.2, 0.25) is 0 Å². The number of rotatable bonds is 5. The van der Waals surface area contributed by atoms with Gasteiger partial charge in [0, 0.05) is 38.8 Å². The van der Waals surface area contributed by atoms with E-state index in [1.165, 1.54) is 6.42 Å². The maximum absolute atomic E-state index is 12.2. The van der Waals surface area contributed by atoms with E-state index < -0.39 is 0 Å². The van der Waals surface area contributed by atoms with Crippen molar-refractivity contribution in [3.63, 3.8) is 0 Å². The van der Waals surface area contributed by atoms with Crippen LogP contribution in [0, 0.1) is 11.8 Å². The number of hydrogen-bond acceptors (Lipinski definition) is 3. The van der Waals surface area contributed by atoms with E-state index in [2.05, 4.69) is 34.4 Å². The molecule has 1 saturated heterocycles. The molecule has 6 nitrogen and oxygen atoms in total. The summed E-state index contributed by atoms with van der Waals surface area (Å²) in [4.78, 5) is 18.9. The molecule has 1 fully saturated rings. The summed E-state index contributed by atoms with van der Waals surface area (Å²) in [7, 11) is 3.40. The summed E-state index contributed by atoms with van der Waals surface area (Å²) in [5.74, 6) is 2.84. The summed E-state index contributed by atoms with van der Waals surface area (Å²) in [6.07, 6.45) is 1.27. The minimum absolute atomic E-state index is 0. The topological polar surface area (TPSA) is 66.0 Å². The molecular formula is C19H31IN4O2. The molecule has 1 aliphatic rings. The summed E-state index contributed by atoms with van der Waals surface area (Å²) >= 11 is 0. The van der Waals surface area contributed by atoms with Crippen LogP contribution in [0.2, 0.25) is 0 Å². The lowest BCUT2D eigenvalue weighted by Gasteiger charge is -2.37. The molecule has 7 heteroatoms. The fourth-order valence-electron chi connectivity index (χ4n) is 3.38. The molecule has 1 aromatic carbocycles. The van der Waals surface area contributed by atoms with Gasteiger partial charge in [0.15, 0.2) is 5.96 Å². The van der Waals surface area contributed by atoms with Crippen LogP contribution in [-0.4, -0.2) is 57.1 Å². The highest BCUT2D eigenvalue weighted by Gasteiger charge is 2.23. The van der Waals surface area contributed by atoms with E-state index in [0.717, 1.165) is 19.0 Å². The van der Waals surface area contributed by atoms with Crippen molar-refractivity contribution in [1.82, 2.24) is 15.5 Å². The van der Waals surface area contributed by atoms with Gasteiger partial charge >= 0.3 is 0 Å². The summed E-state index contributed by atoms with van der Waals surface area (Å²) in [6, 6.07) is 7.15. The number of benzene rings is 1. The van der Waals surface area contributed by atoms with Gasteiger partial charge in [0.05, 0.1) is 7.11 Å². The second kappa shape index (κ2) is 11.3. The molecule has 1 aromatic rings. The quantitative estimate of drug-likeness (QED) is 0.298. The molecule has 0 aliphatic carbocycles. The third-order valence-corrected chi connectivity index (χ3v) is 4.41. The molecule has 146 valence electrons. The van der Waals surface area contributed by atoms with Crippen molar-refractivity contribution in [3.05, 3.63) is 29.8 Å². The third-order valence-electron chi connectivity index (χ3n) is 4.41. The zero-order valence-corrected chi connectivity index (χ0v) is 18.4. The molecule has 2 atom stereocenters. The Hall–Kier alpha value is -1.51. The molecule has 1 aliphatic heterocycles. The van der Waals surface area contributed by atoms with Crippen molar-refractivity contribution in [2.75, 3.05) is 40.3 Å². The number of carbonyl (C=O) groups excluding carboxylic acids is 1. The number of ether oxygens (including phenoxy) is 1. The number of nitrogens with one attached hydrogen (secondary N) is 2. The van der Waals surface area contributed by atoms with Crippen molar-refractivity contribution in [2.24, 2.45) is 16.8 Å². The van der Waals surface area contributed by atoms with Crippen LogP contribution >= 0.6 is 24.0 Å². The Morgan fingerprint density at radius 2 is 1.88 bits per heavy atom. The highest BCUT2D eigenvalue weighted by molar-refractivity contribution is 14.0. The number of amides is 1. The van der Waals surface area contributed by atoms with E-state index in [4.69, 9.17) is 4.74 Å². The average molecular weight is 474 g/mol. The van der Waals surface area contributed by atoms with Crippen LogP contribution in [0.1, 0.15) is 30.6 Å². The maximum atomic E-state index is 12.2. The lowest BCUT2D eigenvalue weighted by molar-refractivity contribution is 0.0954. The normalized spacial score (nSPS) is 20.2. The van der Waals surface area contributed by atoms with Crippen molar-refractivity contribution >= 4 is 35.8 Å². The van der Waals surface area contributed by atoms with E-state index in [0.29, 0.717) is 36.2 Å². The molecule has 26 heavy (non-hydrogen) atoms. The molecule has 2 N–H and O–H groups in total. The number of halogens is 1. The first-order valence-corrected chi connectivity index (χ1v) is 8.91. The first-order valence-electron chi connectivity index (χ1n) is 8.91. The van der Waals surface area contributed by atoms with Crippen LogP contribution in [-0.2, 0) is 0 Å². The van der Waals surface area contributed by atoms with Crippen LogP contribution in [0.3, 0.4) is 0 Å². The number of methoxy groups -OCH3 is 1. The minimum Gasteiger partial charge on any atom is -0.497 e. The van der Waals surface area contributed by atoms with Crippen molar-refractivity contribution in [2.45, 2.75) is 20.3 Å². The SMILES string of the molecule is CN=C(NCCNC(=O)c1cccc(OC)c1)N1CC(C)CC(C)C1.I. The molecule has 0 saturated carbocycles. The molecule has 1 amide bonds. The van der Waals surface area contributed by atoms with Gasteiger partial charge in [-0.25, -0.2) is 0 Å². The van der Waals surface area contributed by atoms with Gasteiger partial charge < -0.3 is 20.3 Å². The van der Waals surface area contributed by atoms with Crippen LogP contribution in [0.4, 0.5) is 0 Å². The number of guanidine groups is 1. The Morgan fingerprint density at radius 1 is 1.23 bits per heavy atom. The number of carbonyl (C=O) groups is 1. The standard InChI is InChI=1S/C19H30N4O2.HI/c1-14-10-15(2)13-23(12-14)19(20-3)22-9-8-21-18(24)16-6-5-7-17(11-16)25-4;/h5-7,11,14-15H,8-10,12-13H2,1-4H3,(H,20,22)(H,21,24);1H. The molecule has 0 aromatic heterocycles. The molecule has 2 rings (SSSR count). The van der Waals surface area contributed by atoms with Gasteiger partial charge in [-0.05, 0) is 36.5 Å². The fourth-order valence-corrected chi connectivity index (χ4v) is 3.38. The first kappa shape index (κ1) is 22.5. The predicted octanol–water partition coefficient (Wildman–Crippen LogP) is 2.60. The molecule has 0 radical (unpaired) electrons. The van der Waals surface area contributed by atoms with E-state index in [1.54, 1.807) is 26.3 Å². The van der Waals surface area contributed by atoms with Crippen LogP contribution in [0.15, 0.2) is 29.3 Å². The van der Waals surface area contributed by atoms with Crippen LogP contribution < -0.4 is 15.4 Å². The fraction of sp³-hybridized carbons (Fsp3) is 0.579. The Balaban J connectivity index is 0.00000338. The summed E-state index contributed by atoms with van der Waals surface area (Å²) in [5, 5.41) is 6.27. The van der Waals surface area contributed by atoms with Gasteiger partial charge in [0.1, 0.15) is 5.75 Å². The smallest absolute Gasteiger partial charge is 0.251 e. The average Bonchev–Trinajstić information content (AvgIpc) is 2.60. The predicted molar refractivity (Wildman–Crippen MR) is 117 cm³/mol. The van der Waals surface area contributed by atoms with E-state index in [1.807, 2.05) is 12.1 Å². The van der Waals surface area contributed by atoms with Gasteiger partial charge in [-0.3, -0.25) is 9.79 Å². The summed E-state index contributed by atoms with van der Waals surface area (Å²) < 4.78 is 5.15. The number of aliphatic imine (C=N–C) groups is 1. The number of piperidine rings is 1. The zero-order valence-electron chi connectivity index (χ0n) is 16.1. The van der Waals surface area contributed by atoms with Gasteiger partial charge in [-0.2, -0.15) is 0 Å². The maximum Gasteiger partial charge on any atom is 0.251 e. The van der Waals surface area contributed by atoms with E-state index in [9.17, 15) is 4.79 Å². The number of likely N-dealkylation sites (tertiary alicyclic amines) is 1. The van der Waals surface area contributed by atoms with Gasteiger partial charge in [-0.1, -0.05) is 19.9 Å². The Kier molecular flexibility index (Phi) is 9.75. The Bertz CT molecular complexity index is 599. The van der Waals surface area contributed by atoms with Gasteiger partial charge in [-0.15, -0.1) is 24.0 Å². The number of hydrogen-bond donors (Lipinski definition) is 2. The second-order valence-electron chi connectivity index (χ2n) is 6.81. The highest BCUT2D eigenvalue weighted by atomic mass is 127. The van der Waals surface area contributed by atoms with Crippen molar-refractivity contribution < 1.29 is 9.53 Å². The number of nitrogens with zero attached hydrogens (tertiary/aromatic N) is 2. The molecule has 0 bridgehead atoms. The molecule has 0 spiro atoms. The third kappa shape index (κ3) is 6.66. The van der Waals surface area contributed by atoms with Crippen LogP contribution in [0.25, 0.3) is 0 Å². The van der Waals surface area contributed by atoms with Gasteiger partial charge in [0.25, 0.3) is 5.91 Å². The first-order chi connectivity index (χ1) is 12.0. The van der Waals surface area contributed by atoms with E-state index in [-0.39, 0.29) is 29.9 Å². The largest absolute Gasteiger partial charge is 0.497 e. The van der Waals surface area contributed by atoms with Crippen molar-refractivity contribution in [3.8, 4) is 5.75 Å². The summed E-state index contributed by atoms with van der Waals surface area (Å²) in [5.41, 5.74) is 0.599. The second-order valence-corrected chi connectivity index (χ2v) is 6.81. The van der Waals surface area contributed by atoms with Crippen LogP contribution in [0.5, 0.6) is 5.75 Å². The molecular weight excluding hydrogens is 443 g/mol. The van der Waals surface area contributed by atoms with Crippen molar-refractivity contribution in [1.29, 1.82) is 0 Å². The Morgan fingerprint density at radius 3 is 2.50 bits per heavy atom. The lowest BCUT2D eigenvalue weighted by Crippen LogP contribution is -2.49. The summed E-state index contributed by atoms with van der Waals surface area (Å²) in [6.45, 7) is 7.80. The lowest BCUT2D eigenvalue weighted by atomic mass is 9.92. The van der Waals surface area contributed by atoms with E-state index >= 15 is 0 Å². The highest BCUT2D eigenvalue weighted by Crippen LogP contribution is 2.20. The zero-order chi connectivity index (χ0) is 18.2.